The van der Waals surface area contributed by atoms with Crippen LogP contribution >= 0.6 is 0 Å². The first-order valence-corrected chi connectivity index (χ1v) is 3.22. The molecule has 0 fully saturated rings. The highest BCUT2D eigenvalue weighted by atomic mass is 15.0. The summed E-state index contributed by atoms with van der Waals surface area (Å²) in [6.07, 6.45) is 8.44. The molecule has 1 aromatic rings. The van der Waals surface area contributed by atoms with Gasteiger partial charge in [-0.05, 0) is 6.08 Å². The summed E-state index contributed by atoms with van der Waals surface area (Å²) in [5, 5.41) is 2.97. The zero-order valence-electron chi connectivity index (χ0n) is 5.73. The number of allylic oxidation sites excluding steroid dienone is 1. The van der Waals surface area contributed by atoms with Crippen molar-refractivity contribution in [1.82, 2.24) is 9.97 Å². The fourth-order valence-electron chi connectivity index (χ4n) is 0.821. The lowest BCUT2D eigenvalue weighted by atomic mass is 10.5. The molecule has 2 rings (SSSR count). The molecule has 0 atom stereocenters. The van der Waals surface area contributed by atoms with E-state index in [1.54, 1.807) is 18.6 Å². The van der Waals surface area contributed by atoms with Crippen molar-refractivity contribution in [3.8, 4) is 0 Å². The Balaban J connectivity index is 2.52. The first kappa shape index (κ1) is 6.03. The topological polar surface area (TPSA) is 50.2 Å². The molecule has 0 aliphatic carbocycles. The number of aromatic nitrogens is 2. The van der Waals surface area contributed by atoms with Crippen LogP contribution in [0.2, 0.25) is 0 Å². The summed E-state index contributed by atoms with van der Waals surface area (Å²) in [5.74, 6) is 0.741. The number of aliphatic imine (C=N–C) groups is 1. The summed E-state index contributed by atoms with van der Waals surface area (Å²) < 4.78 is 0. The van der Waals surface area contributed by atoms with Gasteiger partial charge in [-0.2, -0.15) is 0 Å². The summed E-state index contributed by atoms with van der Waals surface area (Å²) in [6, 6.07) is 0. The summed E-state index contributed by atoms with van der Waals surface area (Å²) in [6.45, 7) is 0. The van der Waals surface area contributed by atoms with Crippen LogP contribution in [-0.2, 0) is 0 Å². The molecule has 0 spiro atoms. The highest BCUT2D eigenvalue weighted by Crippen LogP contribution is 2.20. The number of anilines is 1. The predicted octanol–water partition coefficient (Wildman–Crippen LogP) is 1.12. The van der Waals surface area contributed by atoms with Crippen molar-refractivity contribution in [2.45, 2.75) is 0 Å². The lowest BCUT2D eigenvalue weighted by molar-refractivity contribution is 1.16. The SMILES string of the molecule is C1=CNc2ncncc2N=C1. The van der Waals surface area contributed by atoms with Gasteiger partial charge in [0.05, 0.1) is 6.20 Å². The fourth-order valence-corrected chi connectivity index (χ4v) is 0.821. The fraction of sp³-hybridized carbons (Fsp3) is 0. The molecule has 11 heavy (non-hydrogen) atoms. The van der Waals surface area contributed by atoms with E-state index in [0.29, 0.717) is 0 Å². The van der Waals surface area contributed by atoms with E-state index in [1.165, 1.54) is 6.33 Å². The normalized spacial score (nSPS) is 13.5. The minimum atomic E-state index is 0.741. The molecule has 0 radical (unpaired) electrons. The molecule has 1 aliphatic rings. The minimum Gasteiger partial charge on any atom is -0.345 e. The summed E-state index contributed by atoms with van der Waals surface area (Å²) in [7, 11) is 0. The molecular formula is C7H6N4. The lowest BCUT2D eigenvalue weighted by Gasteiger charge is -1.98. The summed E-state index contributed by atoms with van der Waals surface area (Å²) in [5.41, 5.74) is 0.762. The monoisotopic (exact) mass is 146 g/mol. The molecular weight excluding hydrogens is 140 g/mol. The van der Waals surface area contributed by atoms with Crippen LogP contribution in [0.3, 0.4) is 0 Å². The third kappa shape index (κ3) is 1.10. The van der Waals surface area contributed by atoms with Gasteiger partial charge < -0.3 is 5.32 Å². The van der Waals surface area contributed by atoms with Gasteiger partial charge in [-0.25, -0.2) is 9.97 Å². The first-order chi connectivity index (χ1) is 5.47. The maximum absolute atomic E-state index is 4.09. The average molecular weight is 146 g/mol. The zero-order valence-corrected chi connectivity index (χ0v) is 5.73. The van der Waals surface area contributed by atoms with E-state index in [9.17, 15) is 0 Å². The molecule has 0 saturated heterocycles. The van der Waals surface area contributed by atoms with Crippen molar-refractivity contribution in [2.24, 2.45) is 4.99 Å². The molecule has 4 nitrogen and oxygen atoms in total. The quantitative estimate of drug-likeness (QED) is 0.596. The van der Waals surface area contributed by atoms with Crippen molar-refractivity contribution >= 4 is 17.7 Å². The second-order valence-corrected chi connectivity index (χ2v) is 2.04. The highest BCUT2D eigenvalue weighted by molar-refractivity contribution is 5.79. The Hall–Kier alpha value is -1.71. The Morgan fingerprint density at radius 3 is 3.36 bits per heavy atom. The Bertz CT molecular complexity index is 316. The number of nitrogens with zero attached hydrogens (tertiary/aromatic N) is 3. The van der Waals surface area contributed by atoms with E-state index < -0.39 is 0 Å². The van der Waals surface area contributed by atoms with Gasteiger partial charge in [0.25, 0.3) is 0 Å². The van der Waals surface area contributed by atoms with Gasteiger partial charge in [0.15, 0.2) is 5.82 Å². The van der Waals surface area contributed by atoms with Crippen molar-refractivity contribution in [1.29, 1.82) is 0 Å². The van der Waals surface area contributed by atoms with E-state index in [0.717, 1.165) is 11.5 Å². The Morgan fingerprint density at radius 1 is 1.36 bits per heavy atom. The van der Waals surface area contributed by atoms with E-state index in [1.807, 2.05) is 6.08 Å². The molecule has 0 aromatic carbocycles. The number of hydrogen-bond donors (Lipinski definition) is 1. The van der Waals surface area contributed by atoms with Gasteiger partial charge in [0.1, 0.15) is 12.0 Å². The van der Waals surface area contributed by atoms with E-state index in [2.05, 4.69) is 20.3 Å². The predicted molar refractivity (Wildman–Crippen MR) is 42.9 cm³/mol. The van der Waals surface area contributed by atoms with Crippen LogP contribution < -0.4 is 5.32 Å². The number of rotatable bonds is 0. The Kier molecular flexibility index (Phi) is 1.37. The maximum atomic E-state index is 4.09. The smallest absolute Gasteiger partial charge is 0.159 e. The molecule has 0 amide bonds. The van der Waals surface area contributed by atoms with Crippen molar-refractivity contribution in [2.75, 3.05) is 5.32 Å². The van der Waals surface area contributed by atoms with Crippen LogP contribution in [0.5, 0.6) is 0 Å². The Morgan fingerprint density at radius 2 is 2.36 bits per heavy atom. The van der Waals surface area contributed by atoms with E-state index in [4.69, 9.17) is 0 Å². The first-order valence-electron chi connectivity index (χ1n) is 3.22. The van der Waals surface area contributed by atoms with Gasteiger partial charge in [0, 0.05) is 12.4 Å². The number of nitrogens with one attached hydrogen (secondary N) is 1. The maximum Gasteiger partial charge on any atom is 0.159 e. The number of hydrogen-bond acceptors (Lipinski definition) is 4. The van der Waals surface area contributed by atoms with Gasteiger partial charge in [-0.1, -0.05) is 0 Å². The van der Waals surface area contributed by atoms with Crippen LogP contribution in [0.4, 0.5) is 11.5 Å². The van der Waals surface area contributed by atoms with Gasteiger partial charge in [-0.3, -0.25) is 4.99 Å². The van der Waals surface area contributed by atoms with Gasteiger partial charge in [0.2, 0.25) is 0 Å². The average Bonchev–Trinajstić information content (AvgIpc) is 2.28. The third-order valence-electron chi connectivity index (χ3n) is 1.31. The highest BCUT2D eigenvalue weighted by Gasteiger charge is 1.99. The zero-order chi connectivity index (χ0) is 7.52. The molecule has 2 heterocycles. The van der Waals surface area contributed by atoms with Crippen LogP contribution in [-0.4, -0.2) is 16.2 Å². The lowest BCUT2D eigenvalue weighted by Crippen LogP contribution is -1.90. The third-order valence-corrected chi connectivity index (χ3v) is 1.31. The molecule has 0 bridgehead atoms. The standard InChI is InChI=1S/C7H6N4/c1-2-9-6-4-8-5-11-7(6)10-3-1/h1-5H,(H,8,10,11). The van der Waals surface area contributed by atoms with Gasteiger partial charge >= 0.3 is 0 Å². The molecule has 4 heteroatoms. The minimum absolute atomic E-state index is 0.741. The largest absolute Gasteiger partial charge is 0.345 e. The van der Waals surface area contributed by atoms with Crippen molar-refractivity contribution in [3.05, 3.63) is 24.8 Å². The molecule has 1 N–H and O–H groups in total. The molecule has 0 saturated carbocycles. The van der Waals surface area contributed by atoms with Crippen LogP contribution in [0.25, 0.3) is 0 Å². The van der Waals surface area contributed by atoms with Crippen LogP contribution in [0.15, 0.2) is 29.8 Å². The molecule has 1 aromatic heterocycles. The summed E-state index contributed by atoms with van der Waals surface area (Å²) in [4.78, 5) is 11.9. The summed E-state index contributed by atoms with van der Waals surface area (Å²) >= 11 is 0. The Labute approximate surface area is 63.7 Å². The van der Waals surface area contributed by atoms with Crippen molar-refractivity contribution in [3.63, 3.8) is 0 Å². The molecule has 1 aliphatic heterocycles. The number of fused-ring (bicyclic) bond motifs is 1. The second kappa shape index (κ2) is 2.49. The van der Waals surface area contributed by atoms with Crippen LogP contribution in [0, 0.1) is 0 Å². The van der Waals surface area contributed by atoms with E-state index >= 15 is 0 Å². The molecule has 0 unspecified atom stereocenters. The van der Waals surface area contributed by atoms with E-state index in [-0.39, 0.29) is 0 Å². The molecule has 54 valence electrons. The van der Waals surface area contributed by atoms with Crippen molar-refractivity contribution < 1.29 is 0 Å². The van der Waals surface area contributed by atoms with Crippen LogP contribution in [0.1, 0.15) is 0 Å². The van der Waals surface area contributed by atoms with Gasteiger partial charge in [-0.15, -0.1) is 0 Å². The second-order valence-electron chi connectivity index (χ2n) is 2.04.